The van der Waals surface area contributed by atoms with Crippen molar-refractivity contribution in [2.45, 2.75) is 24.7 Å². The lowest BCUT2D eigenvalue weighted by Crippen LogP contribution is -2.53. The van der Waals surface area contributed by atoms with Crippen LogP contribution < -0.4 is 10.1 Å². The molecule has 2 aliphatic rings. The number of hydrogen-bond donors (Lipinski definition) is 2. The topological polar surface area (TPSA) is 122 Å². The number of benzene rings is 2. The molecular formula is C25H23Cl2F3N2O7. The molecule has 0 bridgehead atoms. The number of aliphatic carboxylic acids is 1. The van der Waals surface area contributed by atoms with E-state index in [-0.39, 0.29) is 5.91 Å². The van der Waals surface area contributed by atoms with Gasteiger partial charge in [-0.15, -0.1) is 0 Å². The third kappa shape index (κ3) is 5.54. The van der Waals surface area contributed by atoms with Crippen molar-refractivity contribution in [2.75, 3.05) is 21.3 Å². The van der Waals surface area contributed by atoms with Gasteiger partial charge in [0.25, 0.3) is 0 Å². The lowest BCUT2D eigenvalue weighted by atomic mass is 9.80. The summed E-state index contributed by atoms with van der Waals surface area (Å²) in [7, 11) is 4.24. The minimum absolute atomic E-state index is 0.336. The van der Waals surface area contributed by atoms with Gasteiger partial charge in [-0.1, -0.05) is 41.4 Å². The maximum absolute atomic E-state index is 12.9. The zero-order valence-electron chi connectivity index (χ0n) is 20.9. The third-order valence-corrected chi connectivity index (χ3v) is 7.41. The number of carboxylic acid groups (broad SMARTS) is 1. The first-order valence-electron chi connectivity index (χ1n) is 11.2. The summed E-state index contributed by atoms with van der Waals surface area (Å²) >= 11 is 12.2. The Balaban J connectivity index is 0.000000532. The fraction of sp³-hybridized carbons (Fsp3) is 0.360. The molecular weight excluding hydrogens is 568 g/mol. The minimum atomic E-state index is -5.08. The number of nitrogens with one attached hydrogen (secondary N) is 1. The van der Waals surface area contributed by atoms with Gasteiger partial charge in [0.1, 0.15) is 11.3 Å². The second kappa shape index (κ2) is 11.0. The summed E-state index contributed by atoms with van der Waals surface area (Å²) in [4.78, 5) is 48.4. The molecule has 2 aliphatic heterocycles. The van der Waals surface area contributed by atoms with Gasteiger partial charge in [0.2, 0.25) is 11.8 Å². The molecule has 0 aliphatic carbocycles. The van der Waals surface area contributed by atoms with E-state index in [9.17, 15) is 27.6 Å². The Morgan fingerprint density at radius 2 is 1.67 bits per heavy atom. The van der Waals surface area contributed by atoms with Crippen molar-refractivity contribution in [3.8, 4) is 16.9 Å². The summed E-state index contributed by atoms with van der Waals surface area (Å²) in [6.07, 6.45) is -5.08. The number of imide groups is 1. The Kier molecular flexibility index (Phi) is 8.54. The fourth-order valence-corrected chi connectivity index (χ4v) is 5.07. The Hall–Kier alpha value is -3.35. The van der Waals surface area contributed by atoms with Gasteiger partial charge in [0, 0.05) is 18.7 Å². The maximum Gasteiger partial charge on any atom is 0.490 e. The number of carboxylic acids is 1. The predicted octanol–water partition coefficient (Wildman–Crippen LogP) is 4.11. The van der Waals surface area contributed by atoms with Gasteiger partial charge in [-0.2, -0.15) is 13.2 Å². The number of likely N-dealkylation sites (tertiary alicyclic amines) is 1. The number of amides is 2. The smallest absolute Gasteiger partial charge is 0.490 e. The van der Waals surface area contributed by atoms with E-state index in [0.717, 1.165) is 16.0 Å². The van der Waals surface area contributed by atoms with Crippen LogP contribution in [0.15, 0.2) is 36.4 Å². The van der Waals surface area contributed by atoms with E-state index in [1.165, 1.54) is 14.2 Å². The number of rotatable bonds is 4. The van der Waals surface area contributed by atoms with E-state index in [1.807, 2.05) is 18.2 Å². The van der Waals surface area contributed by atoms with E-state index in [0.29, 0.717) is 21.4 Å². The molecule has 2 fully saturated rings. The van der Waals surface area contributed by atoms with E-state index in [4.69, 9.17) is 42.6 Å². The van der Waals surface area contributed by atoms with Crippen LogP contribution in [0.4, 0.5) is 13.2 Å². The van der Waals surface area contributed by atoms with Gasteiger partial charge in [-0.3, -0.25) is 24.6 Å². The van der Waals surface area contributed by atoms with Crippen molar-refractivity contribution in [3.05, 3.63) is 52.0 Å². The maximum atomic E-state index is 12.9. The molecule has 4 rings (SSSR count). The lowest BCUT2D eigenvalue weighted by molar-refractivity contribution is -0.192. The summed E-state index contributed by atoms with van der Waals surface area (Å²) in [6.45, 7) is 1.60. The number of fused-ring (bicyclic) bond motifs is 1. The fourth-order valence-electron chi connectivity index (χ4n) is 4.77. The Morgan fingerprint density at radius 3 is 2.18 bits per heavy atom. The molecule has 9 nitrogen and oxygen atoms in total. The number of esters is 1. The van der Waals surface area contributed by atoms with Crippen LogP contribution in [0.25, 0.3) is 11.1 Å². The molecule has 0 radical (unpaired) electrons. The molecule has 2 aromatic carbocycles. The number of methoxy groups -OCH3 is 2. The van der Waals surface area contributed by atoms with Gasteiger partial charge in [0.05, 0.1) is 36.1 Å². The standard InChI is InChI=1S/C23H22Cl2N2O5.C2HF3O2/c1-23(22(30)32-4)18-17(20(28)27(2)21(18)29)19(26-23)12-5-7-13(16(10-12)31-3)11-6-8-14(24)15(25)9-11;3-2(4,5)1(6)7/h5-10,17-19,26H,1-4H3;(H,6,7)/t17?,18?,19?,23-;/m1./s1. The van der Waals surface area contributed by atoms with Crippen LogP contribution >= 0.6 is 23.2 Å². The first-order valence-corrected chi connectivity index (χ1v) is 11.9. The van der Waals surface area contributed by atoms with E-state index in [1.54, 1.807) is 32.2 Å². The van der Waals surface area contributed by atoms with E-state index in [2.05, 4.69) is 5.32 Å². The van der Waals surface area contributed by atoms with Gasteiger partial charge >= 0.3 is 18.1 Å². The van der Waals surface area contributed by atoms with Crippen LogP contribution in [0, 0.1) is 11.8 Å². The minimum Gasteiger partial charge on any atom is -0.496 e. The molecule has 2 N–H and O–H groups in total. The first-order chi connectivity index (χ1) is 18.1. The van der Waals surface area contributed by atoms with Gasteiger partial charge < -0.3 is 14.6 Å². The average Bonchev–Trinajstić information content (AvgIpc) is 3.33. The van der Waals surface area contributed by atoms with Crippen LogP contribution in [0.5, 0.6) is 5.75 Å². The molecule has 2 aromatic rings. The Morgan fingerprint density at radius 1 is 1.05 bits per heavy atom. The summed E-state index contributed by atoms with van der Waals surface area (Å²) in [6, 6.07) is 10.2. The summed E-state index contributed by atoms with van der Waals surface area (Å²) < 4.78 is 42.3. The van der Waals surface area contributed by atoms with Crippen LogP contribution in [-0.2, 0) is 23.9 Å². The van der Waals surface area contributed by atoms with E-state index < -0.39 is 47.4 Å². The third-order valence-electron chi connectivity index (χ3n) is 6.68. The number of ether oxygens (including phenoxy) is 2. The second-order valence-electron chi connectivity index (χ2n) is 8.95. The van der Waals surface area contributed by atoms with Crippen molar-refractivity contribution in [3.63, 3.8) is 0 Å². The van der Waals surface area contributed by atoms with Crippen molar-refractivity contribution >= 4 is 47.0 Å². The molecule has 2 amide bonds. The highest BCUT2D eigenvalue weighted by molar-refractivity contribution is 6.42. The normalized spacial score (nSPS) is 24.1. The zero-order valence-corrected chi connectivity index (χ0v) is 22.4. The molecule has 2 heterocycles. The van der Waals surface area contributed by atoms with Gasteiger partial charge in [-0.05, 0) is 36.2 Å². The molecule has 0 spiro atoms. The number of halogens is 5. The number of carbonyl (C=O) groups is 4. The van der Waals surface area contributed by atoms with Gasteiger partial charge in [0.15, 0.2) is 0 Å². The predicted molar refractivity (Wildman–Crippen MR) is 133 cm³/mol. The average molecular weight is 591 g/mol. The molecule has 14 heteroatoms. The van der Waals surface area contributed by atoms with Crippen molar-refractivity contribution < 1.29 is 46.9 Å². The number of nitrogens with zero attached hydrogens (tertiary/aromatic N) is 1. The molecule has 4 atom stereocenters. The number of carbonyl (C=O) groups excluding carboxylic acids is 3. The molecule has 3 unspecified atom stereocenters. The molecule has 2 saturated heterocycles. The largest absolute Gasteiger partial charge is 0.496 e. The number of hydrogen-bond acceptors (Lipinski definition) is 7. The van der Waals surface area contributed by atoms with Crippen LogP contribution in [0.2, 0.25) is 10.0 Å². The van der Waals surface area contributed by atoms with Crippen molar-refractivity contribution in [1.82, 2.24) is 10.2 Å². The summed E-state index contributed by atoms with van der Waals surface area (Å²) in [5, 5.41) is 11.2. The van der Waals surface area contributed by atoms with Crippen LogP contribution in [0.3, 0.4) is 0 Å². The van der Waals surface area contributed by atoms with Crippen LogP contribution in [0.1, 0.15) is 18.5 Å². The highest BCUT2D eigenvalue weighted by Gasteiger charge is 2.66. The monoisotopic (exact) mass is 590 g/mol. The Labute approximate surface area is 230 Å². The van der Waals surface area contributed by atoms with Crippen molar-refractivity contribution in [1.29, 1.82) is 0 Å². The molecule has 39 heavy (non-hydrogen) atoms. The van der Waals surface area contributed by atoms with Crippen LogP contribution in [-0.4, -0.2) is 66.7 Å². The SMILES string of the molecule is COC(=O)[C@]1(C)NC(c2ccc(-c3ccc(Cl)c(Cl)c3)c(OC)c2)C2C(=O)N(C)C(=O)C21.O=C(O)C(F)(F)F. The summed E-state index contributed by atoms with van der Waals surface area (Å²) in [5.41, 5.74) is 0.971. The highest BCUT2D eigenvalue weighted by atomic mass is 35.5. The van der Waals surface area contributed by atoms with Crippen molar-refractivity contribution in [2.24, 2.45) is 11.8 Å². The molecule has 210 valence electrons. The van der Waals surface area contributed by atoms with Gasteiger partial charge in [-0.25, -0.2) is 4.79 Å². The molecule has 0 aromatic heterocycles. The van der Waals surface area contributed by atoms with E-state index >= 15 is 0 Å². The molecule has 0 saturated carbocycles. The number of alkyl halides is 3. The Bertz CT molecular complexity index is 1340. The highest BCUT2D eigenvalue weighted by Crippen LogP contribution is 2.49. The summed E-state index contributed by atoms with van der Waals surface area (Å²) in [5.74, 6) is -5.13. The lowest BCUT2D eigenvalue weighted by Gasteiger charge is -2.28. The second-order valence-corrected chi connectivity index (χ2v) is 9.76. The first kappa shape index (κ1) is 30.2. The quantitative estimate of drug-likeness (QED) is 0.403. The zero-order chi connectivity index (χ0) is 29.4.